The summed E-state index contributed by atoms with van der Waals surface area (Å²) in [6.07, 6.45) is 0.115. The number of amides is 1. The van der Waals surface area contributed by atoms with Gasteiger partial charge in [0.15, 0.2) is 5.60 Å². The highest BCUT2D eigenvalue weighted by atomic mass is 16.5. The molecule has 21 heavy (non-hydrogen) atoms. The van der Waals surface area contributed by atoms with Gasteiger partial charge in [-0.1, -0.05) is 6.07 Å². The Bertz CT molecular complexity index is 569. The van der Waals surface area contributed by atoms with Crippen LogP contribution >= 0.6 is 0 Å². The molecule has 0 spiro atoms. The maximum Gasteiger partial charge on any atom is 0.307 e. The van der Waals surface area contributed by atoms with Crippen molar-refractivity contribution in [3.8, 4) is 5.75 Å². The number of carbonyl (C=O) groups excluding carboxylic acids is 2. The quantitative estimate of drug-likeness (QED) is 0.675. The number of esters is 1. The Kier molecular flexibility index (Phi) is 4.06. The van der Waals surface area contributed by atoms with Gasteiger partial charge < -0.3 is 20.1 Å². The van der Waals surface area contributed by atoms with Gasteiger partial charge in [0.25, 0.3) is 5.91 Å². The van der Waals surface area contributed by atoms with Crippen molar-refractivity contribution < 1.29 is 19.1 Å². The molecule has 0 fully saturated rings. The number of rotatable bonds is 4. The van der Waals surface area contributed by atoms with Gasteiger partial charge in [0, 0.05) is 6.54 Å². The summed E-state index contributed by atoms with van der Waals surface area (Å²) in [6, 6.07) is 5.23. The van der Waals surface area contributed by atoms with Crippen LogP contribution in [-0.4, -0.2) is 30.6 Å². The van der Waals surface area contributed by atoms with Gasteiger partial charge >= 0.3 is 5.97 Å². The van der Waals surface area contributed by atoms with E-state index >= 15 is 0 Å². The molecule has 1 aromatic carbocycles. The van der Waals surface area contributed by atoms with Crippen LogP contribution in [0.15, 0.2) is 18.2 Å². The molecule has 0 aromatic heterocycles. The predicted octanol–water partition coefficient (Wildman–Crippen LogP) is 1.73. The fourth-order valence-corrected chi connectivity index (χ4v) is 2.31. The minimum absolute atomic E-state index is 0.115. The molecule has 6 heteroatoms. The van der Waals surface area contributed by atoms with Crippen molar-refractivity contribution in [2.24, 2.45) is 0 Å². The van der Waals surface area contributed by atoms with Gasteiger partial charge in [-0.2, -0.15) is 0 Å². The molecule has 6 nitrogen and oxygen atoms in total. The SMILES string of the molecule is CCOC(=O)CCN1C(=O)C(C)(C)Oc2cccc(N)c21. The summed E-state index contributed by atoms with van der Waals surface area (Å²) in [6.45, 7) is 5.66. The number of hydrogen-bond donors (Lipinski definition) is 1. The number of benzene rings is 1. The molecule has 0 saturated heterocycles. The van der Waals surface area contributed by atoms with E-state index in [0.717, 1.165) is 0 Å². The van der Waals surface area contributed by atoms with Crippen molar-refractivity contribution in [1.29, 1.82) is 0 Å². The van der Waals surface area contributed by atoms with Crippen LogP contribution in [0.25, 0.3) is 0 Å². The second-order valence-corrected chi connectivity index (χ2v) is 5.32. The lowest BCUT2D eigenvalue weighted by atomic mass is 10.0. The molecule has 0 atom stereocenters. The fraction of sp³-hybridized carbons (Fsp3) is 0.467. The summed E-state index contributed by atoms with van der Waals surface area (Å²) in [4.78, 5) is 25.6. The average molecular weight is 292 g/mol. The first-order valence-electron chi connectivity index (χ1n) is 6.92. The van der Waals surface area contributed by atoms with Gasteiger partial charge in [-0.25, -0.2) is 0 Å². The molecule has 114 valence electrons. The van der Waals surface area contributed by atoms with Crippen LogP contribution in [-0.2, 0) is 14.3 Å². The number of ether oxygens (including phenoxy) is 2. The summed E-state index contributed by atoms with van der Waals surface area (Å²) < 4.78 is 10.6. The van der Waals surface area contributed by atoms with Crippen molar-refractivity contribution in [3.05, 3.63) is 18.2 Å². The average Bonchev–Trinajstić information content (AvgIpc) is 2.40. The molecule has 2 N–H and O–H groups in total. The van der Waals surface area contributed by atoms with Crippen LogP contribution in [0.5, 0.6) is 5.75 Å². The third kappa shape index (κ3) is 2.94. The number of anilines is 2. The zero-order chi connectivity index (χ0) is 15.6. The summed E-state index contributed by atoms with van der Waals surface area (Å²) in [5, 5.41) is 0. The topological polar surface area (TPSA) is 81.9 Å². The molecule has 2 rings (SSSR count). The largest absolute Gasteiger partial charge is 0.476 e. The van der Waals surface area contributed by atoms with E-state index in [2.05, 4.69) is 0 Å². The maximum atomic E-state index is 12.5. The highest BCUT2D eigenvalue weighted by molar-refractivity contribution is 6.05. The van der Waals surface area contributed by atoms with Crippen LogP contribution in [0, 0.1) is 0 Å². The van der Waals surface area contributed by atoms with E-state index in [1.165, 1.54) is 4.90 Å². The van der Waals surface area contributed by atoms with E-state index in [0.29, 0.717) is 23.7 Å². The Labute approximate surface area is 123 Å². The third-order valence-corrected chi connectivity index (χ3v) is 3.27. The van der Waals surface area contributed by atoms with Crippen LogP contribution < -0.4 is 15.4 Å². The highest BCUT2D eigenvalue weighted by Crippen LogP contribution is 2.41. The number of fused-ring (bicyclic) bond motifs is 1. The van der Waals surface area contributed by atoms with E-state index in [-0.39, 0.29) is 24.8 Å². The highest BCUT2D eigenvalue weighted by Gasteiger charge is 2.41. The molecule has 0 radical (unpaired) electrons. The monoisotopic (exact) mass is 292 g/mol. The molecule has 1 aliphatic rings. The van der Waals surface area contributed by atoms with Gasteiger partial charge in [0.1, 0.15) is 11.4 Å². The van der Waals surface area contributed by atoms with Gasteiger partial charge in [-0.05, 0) is 32.9 Å². The smallest absolute Gasteiger partial charge is 0.307 e. The van der Waals surface area contributed by atoms with Gasteiger partial charge in [0.05, 0.1) is 18.7 Å². The third-order valence-electron chi connectivity index (χ3n) is 3.27. The molecular formula is C15H20N2O4. The van der Waals surface area contributed by atoms with E-state index < -0.39 is 5.60 Å². The van der Waals surface area contributed by atoms with Crippen molar-refractivity contribution in [2.45, 2.75) is 32.8 Å². The van der Waals surface area contributed by atoms with Crippen molar-refractivity contribution >= 4 is 23.3 Å². The minimum Gasteiger partial charge on any atom is -0.476 e. The van der Waals surface area contributed by atoms with Crippen LogP contribution in [0.1, 0.15) is 27.2 Å². The number of nitrogens with zero attached hydrogens (tertiary/aromatic N) is 1. The normalized spacial score (nSPS) is 16.1. The predicted molar refractivity (Wildman–Crippen MR) is 79.2 cm³/mol. The molecule has 1 amide bonds. The lowest BCUT2D eigenvalue weighted by molar-refractivity contribution is -0.143. The van der Waals surface area contributed by atoms with Crippen molar-refractivity contribution in [1.82, 2.24) is 0 Å². The van der Waals surface area contributed by atoms with Crippen LogP contribution in [0.4, 0.5) is 11.4 Å². The number of hydrogen-bond acceptors (Lipinski definition) is 5. The second-order valence-electron chi connectivity index (χ2n) is 5.32. The molecule has 0 saturated carbocycles. The zero-order valence-electron chi connectivity index (χ0n) is 12.5. The number of nitrogens with two attached hydrogens (primary N) is 1. The number of para-hydroxylation sites is 1. The Balaban J connectivity index is 2.30. The first-order chi connectivity index (χ1) is 9.86. The first-order valence-corrected chi connectivity index (χ1v) is 6.92. The Morgan fingerprint density at radius 3 is 2.81 bits per heavy atom. The van der Waals surface area contributed by atoms with Crippen LogP contribution in [0.3, 0.4) is 0 Å². The molecule has 0 bridgehead atoms. The van der Waals surface area contributed by atoms with E-state index in [1.54, 1.807) is 39.0 Å². The van der Waals surface area contributed by atoms with E-state index in [4.69, 9.17) is 15.2 Å². The molecular weight excluding hydrogens is 272 g/mol. The van der Waals surface area contributed by atoms with E-state index in [1.807, 2.05) is 0 Å². The number of nitrogen functional groups attached to an aromatic ring is 1. The maximum absolute atomic E-state index is 12.5. The fourth-order valence-electron chi connectivity index (χ4n) is 2.31. The molecule has 1 aliphatic heterocycles. The minimum atomic E-state index is -0.991. The lowest BCUT2D eigenvalue weighted by Crippen LogP contribution is -2.53. The van der Waals surface area contributed by atoms with Crippen LogP contribution in [0.2, 0.25) is 0 Å². The summed E-state index contributed by atoms with van der Waals surface area (Å²) in [5.41, 5.74) is 5.93. The zero-order valence-corrected chi connectivity index (χ0v) is 12.5. The summed E-state index contributed by atoms with van der Waals surface area (Å²) in [7, 11) is 0. The Morgan fingerprint density at radius 1 is 1.43 bits per heavy atom. The Hall–Kier alpha value is -2.24. The lowest BCUT2D eigenvalue weighted by Gasteiger charge is -2.39. The van der Waals surface area contributed by atoms with Crippen molar-refractivity contribution in [3.63, 3.8) is 0 Å². The second kappa shape index (κ2) is 5.63. The molecule has 0 unspecified atom stereocenters. The molecule has 1 heterocycles. The molecule has 0 aliphatic carbocycles. The first kappa shape index (κ1) is 15.2. The van der Waals surface area contributed by atoms with Crippen molar-refractivity contribution in [2.75, 3.05) is 23.8 Å². The van der Waals surface area contributed by atoms with Gasteiger partial charge in [0.2, 0.25) is 0 Å². The van der Waals surface area contributed by atoms with Gasteiger partial charge in [-0.3, -0.25) is 9.59 Å². The Morgan fingerprint density at radius 2 is 2.14 bits per heavy atom. The number of carbonyl (C=O) groups is 2. The van der Waals surface area contributed by atoms with E-state index in [9.17, 15) is 9.59 Å². The summed E-state index contributed by atoms with van der Waals surface area (Å²) in [5.74, 6) is -0.0219. The summed E-state index contributed by atoms with van der Waals surface area (Å²) >= 11 is 0. The standard InChI is InChI=1S/C15H20N2O4/c1-4-20-12(18)8-9-17-13-10(16)6-5-7-11(13)21-15(2,3)14(17)19/h5-7H,4,8-9,16H2,1-3H3. The van der Waals surface area contributed by atoms with Gasteiger partial charge in [-0.15, -0.1) is 0 Å². The molecule has 1 aromatic rings.